The van der Waals surface area contributed by atoms with Crippen molar-refractivity contribution >= 4 is 17.8 Å². The molecule has 0 saturated carbocycles. The average molecular weight is 343 g/mol. The van der Waals surface area contributed by atoms with Gasteiger partial charge in [-0.15, -0.1) is 0 Å². The second-order valence-electron chi connectivity index (χ2n) is 5.30. The van der Waals surface area contributed by atoms with Crippen molar-refractivity contribution in [3.63, 3.8) is 0 Å². The molecule has 0 spiro atoms. The predicted molar refractivity (Wildman–Crippen MR) is 91.9 cm³/mol. The summed E-state index contributed by atoms with van der Waals surface area (Å²) in [4.78, 5) is 22.0. The lowest BCUT2D eigenvalue weighted by Crippen LogP contribution is -2.19. The number of nitro groups is 1. The maximum atomic E-state index is 11.9. The fourth-order valence-corrected chi connectivity index (χ4v) is 2.07. The van der Waals surface area contributed by atoms with E-state index in [0.717, 1.165) is 23.4 Å². The van der Waals surface area contributed by atoms with E-state index in [1.54, 1.807) is 0 Å². The summed E-state index contributed by atoms with van der Waals surface area (Å²) in [5, 5.41) is 24.6. The maximum absolute atomic E-state index is 11.9. The summed E-state index contributed by atoms with van der Waals surface area (Å²) >= 11 is 0. The second-order valence-corrected chi connectivity index (χ2v) is 5.30. The number of nitrogens with one attached hydrogen (secondary N) is 1. The van der Waals surface area contributed by atoms with Gasteiger partial charge in [0.05, 0.1) is 30.7 Å². The molecule has 0 aliphatic carbocycles. The molecule has 8 heteroatoms. The summed E-state index contributed by atoms with van der Waals surface area (Å²) in [6.45, 7) is 1.95. The Morgan fingerprint density at radius 3 is 2.64 bits per heavy atom. The third-order valence-corrected chi connectivity index (χ3v) is 3.40. The van der Waals surface area contributed by atoms with Crippen molar-refractivity contribution in [2.45, 2.75) is 13.3 Å². The van der Waals surface area contributed by atoms with Gasteiger partial charge < -0.3 is 9.84 Å². The summed E-state index contributed by atoms with van der Waals surface area (Å²) in [6, 6.07) is 9.96. The van der Waals surface area contributed by atoms with Gasteiger partial charge in [0.25, 0.3) is 0 Å². The van der Waals surface area contributed by atoms with Crippen LogP contribution in [0.1, 0.15) is 16.7 Å². The van der Waals surface area contributed by atoms with Gasteiger partial charge in [0.1, 0.15) is 5.75 Å². The molecule has 0 aromatic heterocycles. The van der Waals surface area contributed by atoms with Gasteiger partial charge in [-0.2, -0.15) is 5.10 Å². The van der Waals surface area contributed by atoms with E-state index in [1.165, 1.54) is 13.2 Å². The smallest absolute Gasteiger partial charge is 0.315 e. The molecule has 0 unspecified atom stereocenters. The van der Waals surface area contributed by atoms with E-state index in [9.17, 15) is 20.0 Å². The number of carbonyl (C=O) groups excluding carboxylic acids is 1. The number of aromatic hydroxyl groups is 1. The first kappa shape index (κ1) is 17.9. The molecule has 0 aliphatic rings. The summed E-state index contributed by atoms with van der Waals surface area (Å²) in [5.41, 5.74) is 3.79. The van der Waals surface area contributed by atoms with Crippen molar-refractivity contribution in [1.82, 2.24) is 5.43 Å². The lowest BCUT2D eigenvalue weighted by molar-refractivity contribution is -0.385. The minimum absolute atomic E-state index is 0.0571. The van der Waals surface area contributed by atoms with Crippen LogP contribution in [0.4, 0.5) is 5.69 Å². The number of nitrogens with zero attached hydrogens (tertiary/aromatic N) is 2. The highest BCUT2D eigenvalue weighted by Crippen LogP contribution is 2.33. The molecule has 8 nitrogen and oxygen atoms in total. The zero-order chi connectivity index (χ0) is 18.4. The van der Waals surface area contributed by atoms with Crippen molar-refractivity contribution in [2.75, 3.05) is 7.11 Å². The van der Waals surface area contributed by atoms with Gasteiger partial charge in [-0.05, 0) is 18.6 Å². The molecule has 0 bridgehead atoms. The normalized spacial score (nSPS) is 10.6. The Balaban J connectivity index is 2.08. The number of rotatable bonds is 6. The predicted octanol–water partition coefficient (Wildman–Crippen LogP) is 2.31. The van der Waals surface area contributed by atoms with Crippen molar-refractivity contribution in [3.05, 3.63) is 63.2 Å². The molecule has 25 heavy (non-hydrogen) atoms. The van der Waals surface area contributed by atoms with Gasteiger partial charge in [0.2, 0.25) is 11.7 Å². The van der Waals surface area contributed by atoms with Gasteiger partial charge in [-0.1, -0.05) is 29.8 Å². The number of hydrogen-bond acceptors (Lipinski definition) is 6. The highest BCUT2D eigenvalue weighted by atomic mass is 16.6. The van der Waals surface area contributed by atoms with E-state index in [0.29, 0.717) is 0 Å². The van der Waals surface area contributed by atoms with Gasteiger partial charge in [0.15, 0.2) is 0 Å². The molecule has 1 amide bonds. The Bertz CT molecular complexity index is 816. The quantitative estimate of drug-likeness (QED) is 0.474. The topological polar surface area (TPSA) is 114 Å². The van der Waals surface area contributed by atoms with Crippen LogP contribution in [-0.4, -0.2) is 29.3 Å². The van der Waals surface area contributed by atoms with Crippen LogP contribution in [0.25, 0.3) is 0 Å². The lowest BCUT2D eigenvalue weighted by Gasteiger charge is -2.05. The number of aryl methyl sites for hydroxylation is 1. The van der Waals surface area contributed by atoms with Crippen molar-refractivity contribution in [2.24, 2.45) is 5.10 Å². The van der Waals surface area contributed by atoms with Crippen LogP contribution in [-0.2, 0) is 11.2 Å². The van der Waals surface area contributed by atoms with E-state index >= 15 is 0 Å². The average Bonchev–Trinajstić information content (AvgIpc) is 2.58. The third kappa shape index (κ3) is 4.77. The fraction of sp³-hybridized carbons (Fsp3) is 0.176. The molecule has 2 N–H and O–H groups in total. The molecule has 0 atom stereocenters. The standard InChI is InChI=1S/C17H17N3O5/c1-11-3-5-12(6-4-11)7-16(21)19-18-10-13-8-14(25-2)9-15(17(13)22)20(23)24/h3-6,8-10,22H,7H2,1-2H3,(H,19,21)/b18-10+. The van der Waals surface area contributed by atoms with Crippen LogP contribution < -0.4 is 10.2 Å². The van der Waals surface area contributed by atoms with Crippen LogP contribution in [0.5, 0.6) is 11.5 Å². The number of benzene rings is 2. The van der Waals surface area contributed by atoms with Crippen molar-refractivity contribution in [3.8, 4) is 11.5 Å². The van der Waals surface area contributed by atoms with Gasteiger partial charge in [0, 0.05) is 5.56 Å². The molecule has 2 aromatic carbocycles. The Morgan fingerprint density at radius 1 is 1.36 bits per heavy atom. The zero-order valence-corrected chi connectivity index (χ0v) is 13.7. The molecule has 0 radical (unpaired) electrons. The number of phenols is 1. The molecule has 0 saturated heterocycles. The van der Waals surface area contributed by atoms with Gasteiger partial charge in [-0.25, -0.2) is 5.43 Å². The minimum atomic E-state index is -0.731. The lowest BCUT2D eigenvalue weighted by atomic mass is 10.1. The molecule has 2 rings (SSSR count). The van der Waals surface area contributed by atoms with E-state index in [1.807, 2.05) is 31.2 Å². The van der Waals surface area contributed by atoms with E-state index < -0.39 is 16.4 Å². The van der Waals surface area contributed by atoms with Crippen LogP contribution in [0, 0.1) is 17.0 Å². The second kappa shape index (κ2) is 7.91. The molecule has 0 fully saturated rings. The monoisotopic (exact) mass is 343 g/mol. The highest BCUT2D eigenvalue weighted by molar-refractivity contribution is 5.88. The SMILES string of the molecule is COc1cc(/C=N/NC(=O)Cc2ccc(C)cc2)c(O)c([N+](=O)[O-])c1. The number of ether oxygens (including phenoxy) is 1. The first-order chi connectivity index (χ1) is 11.9. The van der Waals surface area contributed by atoms with Crippen LogP contribution in [0.2, 0.25) is 0 Å². The summed E-state index contributed by atoms with van der Waals surface area (Å²) in [7, 11) is 1.35. The molecule has 0 heterocycles. The molecular weight excluding hydrogens is 326 g/mol. The van der Waals surface area contributed by atoms with Crippen LogP contribution in [0.3, 0.4) is 0 Å². The Hall–Kier alpha value is -3.42. The third-order valence-electron chi connectivity index (χ3n) is 3.40. The Labute approximate surface area is 143 Å². The number of nitro benzene ring substituents is 1. The Kier molecular flexibility index (Phi) is 5.67. The number of methoxy groups -OCH3 is 1. The molecular formula is C17H17N3O5. The fourth-order valence-electron chi connectivity index (χ4n) is 2.07. The van der Waals surface area contributed by atoms with Crippen LogP contribution in [0.15, 0.2) is 41.5 Å². The molecule has 2 aromatic rings. The minimum Gasteiger partial charge on any atom is -0.502 e. The summed E-state index contributed by atoms with van der Waals surface area (Å²) in [6.07, 6.45) is 1.26. The van der Waals surface area contributed by atoms with Crippen molar-refractivity contribution < 1.29 is 19.6 Å². The number of hydrazone groups is 1. The van der Waals surface area contributed by atoms with E-state index in [2.05, 4.69) is 10.5 Å². The largest absolute Gasteiger partial charge is 0.502 e. The van der Waals surface area contributed by atoms with Crippen molar-refractivity contribution in [1.29, 1.82) is 0 Å². The van der Waals surface area contributed by atoms with E-state index in [-0.39, 0.29) is 23.6 Å². The Morgan fingerprint density at radius 2 is 2.04 bits per heavy atom. The number of hydrogen-bond donors (Lipinski definition) is 2. The van der Waals surface area contributed by atoms with Gasteiger partial charge >= 0.3 is 5.69 Å². The zero-order valence-electron chi connectivity index (χ0n) is 13.7. The summed E-state index contributed by atoms with van der Waals surface area (Å²) < 4.78 is 4.95. The number of phenolic OH excluding ortho intramolecular Hbond substituents is 1. The summed E-state index contributed by atoms with van der Waals surface area (Å²) in [5.74, 6) is -0.712. The highest BCUT2D eigenvalue weighted by Gasteiger charge is 2.18. The maximum Gasteiger partial charge on any atom is 0.315 e. The number of amides is 1. The van der Waals surface area contributed by atoms with E-state index in [4.69, 9.17) is 4.74 Å². The number of carbonyl (C=O) groups is 1. The van der Waals surface area contributed by atoms with Gasteiger partial charge in [-0.3, -0.25) is 14.9 Å². The molecule has 130 valence electrons. The van der Waals surface area contributed by atoms with Crippen LogP contribution >= 0.6 is 0 Å². The molecule has 0 aliphatic heterocycles. The first-order valence-electron chi connectivity index (χ1n) is 7.33. The first-order valence-corrected chi connectivity index (χ1v) is 7.33.